The highest BCUT2D eigenvalue weighted by molar-refractivity contribution is 5.20. The van der Waals surface area contributed by atoms with Crippen molar-refractivity contribution in [1.82, 2.24) is 4.90 Å². The van der Waals surface area contributed by atoms with Gasteiger partial charge < -0.3 is 15.4 Å². The van der Waals surface area contributed by atoms with Crippen molar-refractivity contribution in [1.29, 1.82) is 0 Å². The Bertz CT molecular complexity index is 277. The molecule has 0 radical (unpaired) electrons. The highest BCUT2D eigenvalue weighted by atomic mass is 16.5. The summed E-state index contributed by atoms with van der Waals surface area (Å²) in [5.41, 5.74) is 5.58. The van der Waals surface area contributed by atoms with Crippen molar-refractivity contribution in [3.05, 3.63) is 30.3 Å². The van der Waals surface area contributed by atoms with Crippen molar-refractivity contribution in [2.45, 2.75) is 6.92 Å². The molecule has 0 aliphatic rings. The molecule has 0 saturated heterocycles. The van der Waals surface area contributed by atoms with E-state index in [0.29, 0.717) is 5.92 Å². The first-order chi connectivity index (χ1) is 7.72. The summed E-state index contributed by atoms with van der Waals surface area (Å²) in [4.78, 5) is 2.25. The van der Waals surface area contributed by atoms with Gasteiger partial charge >= 0.3 is 0 Å². The largest absolute Gasteiger partial charge is 0.492 e. The minimum atomic E-state index is 0.543. The molecule has 0 amide bonds. The molecule has 0 aromatic heterocycles. The van der Waals surface area contributed by atoms with E-state index in [0.717, 1.165) is 32.0 Å². The number of ether oxygens (including phenoxy) is 1. The molecule has 3 nitrogen and oxygen atoms in total. The maximum absolute atomic E-state index is 5.62. The first-order valence-electron chi connectivity index (χ1n) is 5.79. The van der Waals surface area contributed by atoms with Crippen LogP contribution in [0.4, 0.5) is 0 Å². The smallest absolute Gasteiger partial charge is 0.119 e. The van der Waals surface area contributed by atoms with Crippen molar-refractivity contribution in [3.8, 4) is 5.75 Å². The van der Waals surface area contributed by atoms with Gasteiger partial charge in [-0.1, -0.05) is 25.1 Å². The molecule has 3 heteroatoms. The summed E-state index contributed by atoms with van der Waals surface area (Å²) in [5, 5.41) is 0. The molecule has 0 saturated carbocycles. The van der Waals surface area contributed by atoms with Crippen molar-refractivity contribution in [2.24, 2.45) is 11.7 Å². The SMILES string of the molecule is CC(CN)CN(C)CCOc1ccccc1. The van der Waals surface area contributed by atoms with E-state index in [-0.39, 0.29) is 0 Å². The summed E-state index contributed by atoms with van der Waals surface area (Å²) >= 11 is 0. The summed E-state index contributed by atoms with van der Waals surface area (Å²) in [6, 6.07) is 9.90. The van der Waals surface area contributed by atoms with Gasteiger partial charge in [0.25, 0.3) is 0 Å². The lowest BCUT2D eigenvalue weighted by atomic mass is 10.2. The molecule has 0 aliphatic heterocycles. The molecule has 0 bridgehead atoms. The van der Waals surface area contributed by atoms with Crippen LogP contribution in [0.1, 0.15) is 6.92 Å². The first kappa shape index (κ1) is 13.0. The molecule has 0 aliphatic carbocycles. The van der Waals surface area contributed by atoms with Gasteiger partial charge in [-0.15, -0.1) is 0 Å². The number of para-hydroxylation sites is 1. The number of benzene rings is 1. The average Bonchev–Trinajstić information content (AvgIpc) is 2.30. The van der Waals surface area contributed by atoms with Gasteiger partial charge in [0.15, 0.2) is 0 Å². The second kappa shape index (κ2) is 7.25. The number of likely N-dealkylation sites (N-methyl/N-ethyl adjacent to an activating group) is 1. The Balaban J connectivity index is 2.15. The predicted octanol–water partition coefficient (Wildman–Crippen LogP) is 1.59. The monoisotopic (exact) mass is 222 g/mol. The lowest BCUT2D eigenvalue weighted by Gasteiger charge is -2.20. The molecular formula is C13H22N2O. The fraction of sp³-hybridized carbons (Fsp3) is 0.538. The Hall–Kier alpha value is -1.06. The van der Waals surface area contributed by atoms with Crippen LogP contribution in [0.5, 0.6) is 5.75 Å². The van der Waals surface area contributed by atoms with Gasteiger partial charge in [0, 0.05) is 13.1 Å². The van der Waals surface area contributed by atoms with Crippen molar-refractivity contribution in [2.75, 3.05) is 33.3 Å². The van der Waals surface area contributed by atoms with E-state index in [1.54, 1.807) is 0 Å². The molecule has 1 aromatic carbocycles. The van der Waals surface area contributed by atoms with Crippen LogP contribution in [0.25, 0.3) is 0 Å². The Morgan fingerprint density at radius 3 is 2.62 bits per heavy atom. The molecule has 0 spiro atoms. The van der Waals surface area contributed by atoms with Gasteiger partial charge in [0.05, 0.1) is 0 Å². The summed E-state index contributed by atoms with van der Waals surface area (Å²) in [6.07, 6.45) is 0. The van der Waals surface area contributed by atoms with Gasteiger partial charge in [0.2, 0.25) is 0 Å². The Morgan fingerprint density at radius 2 is 2.00 bits per heavy atom. The van der Waals surface area contributed by atoms with Crippen LogP contribution in [0.15, 0.2) is 30.3 Å². The zero-order valence-electron chi connectivity index (χ0n) is 10.2. The molecule has 1 unspecified atom stereocenters. The molecule has 16 heavy (non-hydrogen) atoms. The van der Waals surface area contributed by atoms with Crippen molar-refractivity contribution >= 4 is 0 Å². The van der Waals surface area contributed by atoms with Gasteiger partial charge in [0.1, 0.15) is 12.4 Å². The topological polar surface area (TPSA) is 38.5 Å². The highest BCUT2D eigenvalue weighted by Crippen LogP contribution is 2.07. The van der Waals surface area contributed by atoms with E-state index in [4.69, 9.17) is 10.5 Å². The van der Waals surface area contributed by atoms with Gasteiger partial charge in [-0.05, 0) is 31.6 Å². The van der Waals surface area contributed by atoms with Gasteiger partial charge in [-0.2, -0.15) is 0 Å². The second-order valence-corrected chi connectivity index (χ2v) is 4.26. The third-order valence-corrected chi connectivity index (χ3v) is 2.51. The van der Waals surface area contributed by atoms with E-state index in [9.17, 15) is 0 Å². The van der Waals surface area contributed by atoms with E-state index in [2.05, 4.69) is 18.9 Å². The number of nitrogens with zero attached hydrogens (tertiary/aromatic N) is 1. The van der Waals surface area contributed by atoms with Crippen LogP contribution in [0.3, 0.4) is 0 Å². The second-order valence-electron chi connectivity index (χ2n) is 4.26. The number of hydrogen-bond acceptors (Lipinski definition) is 3. The average molecular weight is 222 g/mol. The van der Waals surface area contributed by atoms with Crippen molar-refractivity contribution < 1.29 is 4.74 Å². The molecule has 1 atom stereocenters. The summed E-state index contributed by atoms with van der Waals surface area (Å²) in [7, 11) is 2.10. The van der Waals surface area contributed by atoms with Crippen LogP contribution in [0.2, 0.25) is 0 Å². The standard InChI is InChI=1S/C13H22N2O/c1-12(10-14)11-15(2)8-9-16-13-6-4-3-5-7-13/h3-7,12H,8-11,14H2,1-2H3. The maximum Gasteiger partial charge on any atom is 0.119 e. The van der Waals surface area contributed by atoms with E-state index in [1.165, 1.54) is 0 Å². The maximum atomic E-state index is 5.62. The number of rotatable bonds is 7. The zero-order valence-corrected chi connectivity index (χ0v) is 10.2. The predicted molar refractivity (Wildman–Crippen MR) is 67.7 cm³/mol. The quantitative estimate of drug-likeness (QED) is 0.761. The summed E-state index contributed by atoms with van der Waals surface area (Å²) in [5.74, 6) is 1.48. The zero-order chi connectivity index (χ0) is 11.8. The van der Waals surface area contributed by atoms with Crippen LogP contribution >= 0.6 is 0 Å². The molecule has 1 rings (SSSR count). The van der Waals surface area contributed by atoms with Crippen LogP contribution in [-0.4, -0.2) is 38.2 Å². The number of nitrogens with two attached hydrogens (primary N) is 1. The molecule has 0 fully saturated rings. The molecule has 0 heterocycles. The van der Waals surface area contributed by atoms with E-state index >= 15 is 0 Å². The minimum Gasteiger partial charge on any atom is -0.492 e. The Morgan fingerprint density at radius 1 is 1.31 bits per heavy atom. The Labute approximate surface area is 98.2 Å². The third-order valence-electron chi connectivity index (χ3n) is 2.51. The lowest BCUT2D eigenvalue weighted by molar-refractivity contribution is 0.220. The van der Waals surface area contributed by atoms with Gasteiger partial charge in [-0.25, -0.2) is 0 Å². The number of hydrogen-bond donors (Lipinski definition) is 1. The van der Waals surface area contributed by atoms with Crippen LogP contribution in [-0.2, 0) is 0 Å². The van der Waals surface area contributed by atoms with Crippen LogP contribution in [0, 0.1) is 5.92 Å². The molecular weight excluding hydrogens is 200 g/mol. The minimum absolute atomic E-state index is 0.543. The van der Waals surface area contributed by atoms with Gasteiger partial charge in [-0.3, -0.25) is 0 Å². The molecule has 1 aromatic rings. The van der Waals surface area contributed by atoms with Crippen LogP contribution < -0.4 is 10.5 Å². The fourth-order valence-corrected chi connectivity index (χ4v) is 1.53. The third kappa shape index (κ3) is 5.14. The molecule has 2 N–H and O–H groups in total. The Kier molecular flexibility index (Phi) is 5.90. The highest BCUT2D eigenvalue weighted by Gasteiger charge is 2.04. The summed E-state index contributed by atoms with van der Waals surface area (Å²) in [6.45, 7) is 5.57. The molecule has 90 valence electrons. The lowest BCUT2D eigenvalue weighted by Crippen LogP contribution is -2.31. The van der Waals surface area contributed by atoms with E-state index in [1.807, 2.05) is 30.3 Å². The van der Waals surface area contributed by atoms with Crippen molar-refractivity contribution in [3.63, 3.8) is 0 Å². The summed E-state index contributed by atoms with van der Waals surface area (Å²) < 4.78 is 5.62. The normalized spacial score (nSPS) is 12.8. The fourth-order valence-electron chi connectivity index (χ4n) is 1.53. The first-order valence-corrected chi connectivity index (χ1v) is 5.79. The van der Waals surface area contributed by atoms with E-state index < -0.39 is 0 Å².